The Bertz CT molecular complexity index is 778. The van der Waals surface area contributed by atoms with E-state index in [-0.39, 0.29) is 0 Å². The summed E-state index contributed by atoms with van der Waals surface area (Å²) in [7, 11) is 1.63. The highest BCUT2D eigenvalue weighted by Gasteiger charge is 2.12. The lowest BCUT2D eigenvalue weighted by Crippen LogP contribution is -2.11. The van der Waals surface area contributed by atoms with Crippen LogP contribution in [0.5, 0.6) is 5.75 Å². The molecule has 0 aliphatic carbocycles. The maximum absolute atomic E-state index is 11.4. The van der Waals surface area contributed by atoms with E-state index in [1.165, 1.54) is 11.3 Å². The number of para-hydroxylation sites is 1. The van der Waals surface area contributed by atoms with Gasteiger partial charge in [-0.15, -0.1) is 11.3 Å². The molecule has 1 heterocycles. The van der Waals surface area contributed by atoms with Gasteiger partial charge in [-0.2, -0.15) is 0 Å². The molecule has 0 radical (unpaired) electrons. The third-order valence-electron chi connectivity index (χ3n) is 3.02. The Morgan fingerprint density at radius 1 is 1.20 bits per heavy atom. The fourth-order valence-corrected chi connectivity index (χ4v) is 3.00. The van der Waals surface area contributed by atoms with Crippen molar-refractivity contribution in [2.75, 3.05) is 7.11 Å². The van der Waals surface area contributed by atoms with Crippen LogP contribution in [-0.2, 0) is 0 Å². The van der Waals surface area contributed by atoms with Crippen molar-refractivity contribution in [2.24, 2.45) is 5.73 Å². The third kappa shape index (κ3) is 2.12. The van der Waals surface area contributed by atoms with Crippen molar-refractivity contribution in [1.29, 1.82) is 0 Å². The number of primary amides is 1. The number of hydrogen-bond acceptors (Lipinski definition) is 4. The molecule has 4 nitrogen and oxygen atoms in total. The standard InChI is InChI=1S/C15H12N2O2S/c1-19-10-7-5-9(6-8-10)15-17-13-11(14(16)18)3-2-4-12(13)20-15/h2-8H,1H3,(H2,16,18). The van der Waals surface area contributed by atoms with Gasteiger partial charge in [-0.05, 0) is 36.4 Å². The number of nitrogens with two attached hydrogens (primary N) is 1. The molecule has 0 saturated carbocycles. The molecule has 20 heavy (non-hydrogen) atoms. The molecular weight excluding hydrogens is 272 g/mol. The smallest absolute Gasteiger partial charge is 0.250 e. The molecule has 0 aliphatic rings. The first-order chi connectivity index (χ1) is 9.69. The van der Waals surface area contributed by atoms with Gasteiger partial charge in [0.2, 0.25) is 0 Å². The summed E-state index contributed by atoms with van der Waals surface area (Å²) in [5.41, 5.74) is 7.48. The van der Waals surface area contributed by atoms with E-state index in [4.69, 9.17) is 10.5 Å². The van der Waals surface area contributed by atoms with E-state index in [1.54, 1.807) is 13.2 Å². The molecule has 0 saturated heterocycles. The minimum atomic E-state index is -0.456. The molecule has 2 aromatic carbocycles. The Balaban J connectivity index is 2.12. The van der Waals surface area contributed by atoms with Gasteiger partial charge in [0.05, 0.1) is 22.9 Å². The number of benzene rings is 2. The minimum Gasteiger partial charge on any atom is -0.497 e. The topological polar surface area (TPSA) is 65.2 Å². The number of carbonyl (C=O) groups excluding carboxylic acids is 1. The number of rotatable bonds is 3. The van der Waals surface area contributed by atoms with E-state index in [0.29, 0.717) is 11.1 Å². The number of amides is 1. The van der Waals surface area contributed by atoms with Gasteiger partial charge in [0.15, 0.2) is 0 Å². The van der Waals surface area contributed by atoms with E-state index in [2.05, 4.69) is 4.98 Å². The van der Waals surface area contributed by atoms with Gasteiger partial charge in [0.1, 0.15) is 10.8 Å². The van der Waals surface area contributed by atoms with Crippen molar-refractivity contribution < 1.29 is 9.53 Å². The summed E-state index contributed by atoms with van der Waals surface area (Å²) in [6.45, 7) is 0. The zero-order valence-corrected chi connectivity index (χ0v) is 11.6. The van der Waals surface area contributed by atoms with Crippen LogP contribution >= 0.6 is 11.3 Å². The molecule has 0 unspecified atom stereocenters. The lowest BCUT2D eigenvalue weighted by Gasteiger charge is -1.99. The number of methoxy groups -OCH3 is 1. The number of aromatic nitrogens is 1. The van der Waals surface area contributed by atoms with Gasteiger partial charge in [-0.3, -0.25) is 4.79 Å². The van der Waals surface area contributed by atoms with Crippen LogP contribution in [0.3, 0.4) is 0 Å². The molecule has 0 atom stereocenters. The molecule has 3 aromatic rings. The van der Waals surface area contributed by atoms with Crippen molar-refractivity contribution in [2.45, 2.75) is 0 Å². The van der Waals surface area contributed by atoms with Gasteiger partial charge in [-0.25, -0.2) is 4.98 Å². The maximum atomic E-state index is 11.4. The summed E-state index contributed by atoms with van der Waals surface area (Å²) in [5.74, 6) is 0.342. The van der Waals surface area contributed by atoms with Gasteiger partial charge in [0.25, 0.3) is 5.91 Å². The number of ether oxygens (including phenoxy) is 1. The van der Waals surface area contributed by atoms with Crippen molar-refractivity contribution in [3.8, 4) is 16.3 Å². The Morgan fingerprint density at radius 2 is 1.95 bits per heavy atom. The minimum absolute atomic E-state index is 0.456. The highest BCUT2D eigenvalue weighted by Crippen LogP contribution is 2.32. The maximum Gasteiger partial charge on any atom is 0.250 e. The summed E-state index contributed by atoms with van der Waals surface area (Å²) in [6, 6.07) is 13.1. The number of hydrogen-bond donors (Lipinski definition) is 1. The lowest BCUT2D eigenvalue weighted by atomic mass is 10.2. The van der Waals surface area contributed by atoms with E-state index in [0.717, 1.165) is 21.0 Å². The van der Waals surface area contributed by atoms with E-state index in [9.17, 15) is 4.79 Å². The first-order valence-electron chi connectivity index (χ1n) is 6.03. The first kappa shape index (κ1) is 12.6. The molecule has 0 fully saturated rings. The monoisotopic (exact) mass is 284 g/mol. The predicted molar refractivity (Wildman–Crippen MR) is 80.1 cm³/mol. The van der Waals surface area contributed by atoms with Crippen LogP contribution in [0.2, 0.25) is 0 Å². The van der Waals surface area contributed by atoms with Crippen molar-refractivity contribution in [1.82, 2.24) is 4.98 Å². The number of fused-ring (bicyclic) bond motifs is 1. The van der Waals surface area contributed by atoms with Gasteiger partial charge in [0, 0.05) is 5.56 Å². The average molecular weight is 284 g/mol. The van der Waals surface area contributed by atoms with Crippen molar-refractivity contribution in [3.63, 3.8) is 0 Å². The van der Waals surface area contributed by atoms with Crippen LogP contribution in [0.1, 0.15) is 10.4 Å². The highest BCUT2D eigenvalue weighted by molar-refractivity contribution is 7.21. The highest BCUT2D eigenvalue weighted by atomic mass is 32.1. The zero-order valence-electron chi connectivity index (χ0n) is 10.8. The Kier molecular flexibility index (Phi) is 3.12. The molecule has 1 aromatic heterocycles. The molecule has 3 rings (SSSR count). The molecule has 1 amide bonds. The fraction of sp³-hybridized carbons (Fsp3) is 0.0667. The number of nitrogens with zero attached hydrogens (tertiary/aromatic N) is 1. The Morgan fingerprint density at radius 3 is 2.60 bits per heavy atom. The van der Waals surface area contributed by atoms with E-state index in [1.807, 2.05) is 36.4 Å². The van der Waals surface area contributed by atoms with Crippen molar-refractivity contribution >= 4 is 27.5 Å². The van der Waals surface area contributed by atoms with Gasteiger partial charge in [-0.1, -0.05) is 6.07 Å². The quantitative estimate of drug-likeness (QED) is 0.803. The Labute approximate surface area is 119 Å². The molecule has 0 bridgehead atoms. The molecule has 100 valence electrons. The summed E-state index contributed by atoms with van der Waals surface area (Å²) >= 11 is 1.54. The molecule has 5 heteroatoms. The lowest BCUT2D eigenvalue weighted by molar-refractivity contribution is 0.100. The number of thiazole rings is 1. The van der Waals surface area contributed by atoms with Crippen LogP contribution < -0.4 is 10.5 Å². The SMILES string of the molecule is COc1ccc(-c2nc3c(C(N)=O)cccc3s2)cc1. The normalized spacial score (nSPS) is 10.7. The second kappa shape index (κ2) is 4.94. The predicted octanol–water partition coefficient (Wildman–Crippen LogP) is 3.07. The summed E-state index contributed by atoms with van der Waals surface area (Å²) in [4.78, 5) is 16.0. The Hall–Kier alpha value is -2.40. The van der Waals surface area contributed by atoms with Crippen LogP contribution in [-0.4, -0.2) is 18.0 Å². The molecule has 0 spiro atoms. The van der Waals surface area contributed by atoms with E-state index >= 15 is 0 Å². The second-order valence-corrected chi connectivity index (χ2v) is 5.29. The number of carbonyl (C=O) groups is 1. The van der Waals surface area contributed by atoms with E-state index < -0.39 is 5.91 Å². The van der Waals surface area contributed by atoms with Crippen LogP contribution in [0.25, 0.3) is 20.8 Å². The third-order valence-corrected chi connectivity index (χ3v) is 4.09. The molecule has 0 aliphatic heterocycles. The fourth-order valence-electron chi connectivity index (χ4n) is 2.00. The zero-order chi connectivity index (χ0) is 14.1. The molecular formula is C15H12N2O2S. The van der Waals surface area contributed by atoms with Crippen LogP contribution in [0.15, 0.2) is 42.5 Å². The summed E-state index contributed by atoms with van der Waals surface area (Å²) in [5, 5.41) is 0.858. The first-order valence-corrected chi connectivity index (χ1v) is 6.84. The largest absolute Gasteiger partial charge is 0.497 e. The summed E-state index contributed by atoms with van der Waals surface area (Å²) in [6.07, 6.45) is 0. The van der Waals surface area contributed by atoms with Gasteiger partial charge >= 0.3 is 0 Å². The van der Waals surface area contributed by atoms with Crippen LogP contribution in [0, 0.1) is 0 Å². The molecule has 2 N–H and O–H groups in total. The second-order valence-electron chi connectivity index (χ2n) is 4.26. The van der Waals surface area contributed by atoms with Crippen molar-refractivity contribution in [3.05, 3.63) is 48.0 Å². The average Bonchev–Trinajstić information content (AvgIpc) is 2.90. The van der Waals surface area contributed by atoms with Crippen LogP contribution in [0.4, 0.5) is 0 Å². The summed E-state index contributed by atoms with van der Waals surface area (Å²) < 4.78 is 6.09. The van der Waals surface area contributed by atoms with Gasteiger partial charge < -0.3 is 10.5 Å².